The molecule has 30 heavy (non-hydrogen) atoms. The predicted molar refractivity (Wildman–Crippen MR) is 130 cm³/mol. The van der Waals surface area contributed by atoms with Gasteiger partial charge in [0.15, 0.2) is 0 Å². The lowest BCUT2D eigenvalue weighted by molar-refractivity contribution is -0.121. The number of aromatic nitrogens is 1. The van der Waals surface area contributed by atoms with E-state index in [1.165, 1.54) is 24.6 Å². The highest BCUT2D eigenvalue weighted by Crippen LogP contribution is 2.36. The molecular weight excluding hydrogens is 414 g/mol. The van der Waals surface area contributed by atoms with Gasteiger partial charge in [0.1, 0.15) is 4.32 Å². The van der Waals surface area contributed by atoms with Crippen molar-refractivity contribution in [1.29, 1.82) is 0 Å². The molecule has 4 rings (SSSR count). The summed E-state index contributed by atoms with van der Waals surface area (Å²) in [5, 5.41) is 1.07. The van der Waals surface area contributed by atoms with Crippen molar-refractivity contribution in [2.75, 3.05) is 24.5 Å². The summed E-state index contributed by atoms with van der Waals surface area (Å²) in [4.78, 5) is 30.9. The average Bonchev–Trinajstić information content (AvgIpc) is 2.92. The zero-order chi connectivity index (χ0) is 21.3. The molecule has 1 aromatic heterocycles. The van der Waals surface area contributed by atoms with Crippen LogP contribution in [0.2, 0.25) is 0 Å². The maximum atomic E-state index is 13.6. The van der Waals surface area contributed by atoms with Gasteiger partial charge in [-0.25, -0.2) is 0 Å². The van der Waals surface area contributed by atoms with Gasteiger partial charge in [-0.05, 0) is 38.8 Å². The van der Waals surface area contributed by atoms with E-state index in [1.54, 1.807) is 11.0 Å². The van der Waals surface area contributed by atoms with Crippen molar-refractivity contribution < 1.29 is 4.79 Å². The van der Waals surface area contributed by atoms with Crippen LogP contribution in [0.15, 0.2) is 34.0 Å². The summed E-state index contributed by atoms with van der Waals surface area (Å²) in [6.45, 7) is 6.87. The number of benzene rings is 1. The molecule has 0 radical (unpaired) electrons. The number of amides is 1. The lowest BCUT2D eigenvalue weighted by atomic mass is 10.1. The fourth-order valence-corrected chi connectivity index (χ4v) is 5.76. The van der Waals surface area contributed by atoms with E-state index in [1.807, 2.05) is 36.6 Å². The first-order chi connectivity index (χ1) is 14.6. The number of para-hydroxylation sites is 1. The third-order valence-electron chi connectivity index (χ3n) is 5.88. The summed E-state index contributed by atoms with van der Waals surface area (Å²) in [5.74, 6) is -0.107. The van der Waals surface area contributed by atoms with Gasteiger partial charge < -0.3 is 9.47 Å². The molecule has 2 fully saturated rings. The van der Waals surface area contributed by atoms with Crippen LogP contribution in [0.1, 0.15) is 45.1 Å². The molecular formula is C23H27N3O2S2. The Hall–Kier alpha value is -2.12. The summed E-state index contributed by atoms with van der Waals surface area (Å²) in [5.41, 5.74) is 2.47. The van der Waals surface area contributed by atoms with Crippen molar-refractivity contribution in [1.82, 2.24) is 9.47 Å². The highest BCUT2D eigenvalue weighted by molar-refractivity contribution is 8.26. The minimum Gasteiger partial charge on any atom is -0.370 e. The number of carbonyl (C=O) groups excluding carboxylic acids is 1. The Morgan fingerprint density at radius 2 is 1.73 bits per heavy atom. The van der Waals surface area contributed by atoms with E-state index in [0.717, 1.165) is 42.5 Å². The van der Waals surface area contributed by atoms with Gasteiger partial charge >= 0.3 is 0 Å². The second kappa shape index (κ2) is 8.94. The molecule has 3 heterocycles. The molecule has 5 nitrogen and oxygen atoms in total. The smallest absolute Gasteiger partial charge is 0.266 e. The first-order valence-electron chi connectivity index (χ1n) is 10.7. The van der Waals surface area contributed by atoms with Crippen LogP contribution < -0.4 is 10.5 Å². The van der Waals surface area contributed by atoms with Crippen LogP contribution in [-0.2, 0) is 11.3 Å². The fourth-order valence-electron chi connectivity index (χ4n) is 4.39. The van der Waals surface area contributed by atoms with E-state index >= 15 is 0 Å². The molecule has 0 aliphatic carbocycles. The number of hydrogen-bond acceptors (Lipinski definition) is 5. The predicted octanol–water partition coefficient (Wildman–Crippen LogP) is 4.62. The van der Waals surface area contributed by atoms with Crippen LogP contribution in [0.5, 0.6) is 0 Å². The topological polar surface area (TPSA) is 45.6 Å². The summed E-state index contributed by atoms with van der Waals surface area (Å²) in [7, 11) is 0. The number of likely N-dealkylation sites (N-methyl/N-ethyl adjacent to an activating group) is 1. The molecule has 1 amide bonds. The molecule has 2 aliphatic heterocycles. The van der Waals surface area contributed by atoms with Gasteiger partial charge in [0.2, 0.25) is 0 Å². The quantitative estimate of drug-likeness (QED) is 0.512. The number of rotatable bonds is 4. The molecule has 0 spiro atoms. The first-order valence-corrected chi connectivity index (χ1v) is 11.9. The van der Waals surface area contributed by atoms with Crippen LogP contribution in [-0.4, -0.2) is 39.3 Å². The molecule has 2 saturated heterocycles. The van der Waals surface area contributed by atoms with Crippen molar-refractivity contribution in [3.8, 4) is 0 Å². The monoisotopic (exact) mass is 441 g/mol. The largest absolute Gasteiger partial charge is 0.370 e. The molecule has 7 heteroatoms. The first kappa shape index (κ1) is 21.1. The normalized spacial score (nSPS) is 19.2. The molecule has 0 N–H and O–H groups in total. The Morgan fingerprint density at radius 3 is 2.37 bits per heavy atom. The van der Waals surface area contributed by atoms with Crippen LogP contribution in [0.25, 0.3) is 17.0 Å². The zero-order valence-electron chi connectivity index (χ0n) is 17.5. The number of pyridine rings is 1. The minimum absolute atomic E-state index is 0.0442. The van der Waals surface area contributed by atoms with Crippen LogP contribution in [0.3, 0.4) is 0 Å². The second-order valence-electron chi connectivity index (χ2n) is 7.66. The Balaban J connectivity index is 1.98. The number of fused-ring (bicyclic) bond motifs is 1. The Morgan fingerprint density at radius 1 is 1.03 bits per heavy atom. The third kappa shape index (κ3) is 3.69. The maximum absolute atomic E-state index is 13.6. The van der Waals surface area contributed by atoms with Gasteiger partial charge in [0.05, 0.1) is 21.7 Å². The van der Waals surface area contributed by atoms with Gasteiger partial charge in [0.25, 0.3) is 11.5 Å². The zero-order valence-corrected chi connectivity index (χ0v) is 19.2. The van der Waals surface area contributed by atoms with E-state index in [2.05, 4.69) is 11.0 Å². The van der Waals surface area contributed by atoms with Gasteiger partial charge in [-0.15, -0.1) is 0 Å². The summed E-state index contributed by atoms with van der Waals surface area (Å²) in [6.07, 6.45) is 6.44. The lowest BCUT2D eigenvalue weighted by Crippen LogP contribution is -2.31. The number of nitrogens with zero attached hydrogens (tertiary/aromatic N) is 3. The molecule has 158 valence electrons. The van der Waals surface area contributed by atoms with Crippen molar-refractivity contribution in [3.63, 3.8) is 0 Å². The van der Waals surface area contributed by atoms with Crippen molar-refractivity contribution in [2.24, 2.45) is 0 Å². The lowest BCUT2D eigenvalue weighted by Gasteiger charge is -2.27. The maximum Gasteiger partial charge on any atom is 0.266 e. The third-order valence-corrected chi connectivity index (χ3v) is 7.26. The van der Waals surface area contributed by atoms with Gasteiger partial charge in [-0.3, -0.25) is 14.5 Å². The number of anilines is 1. The molecule has 2 aromatic rings. The molecule has 0 bridgehead atoms. The van der Waals surface area contributed by atoms with Crippen molar-refractivity contribution in [2.45, 2.75) is 46.1 Å². The van der Waals surface area contributed by atoms with E-state index in [9.17, 15) is 9.59 Å². The van der Waals surface area contributed by atoms with Gasteiger partial charge in [0, 0.05) is 31.6 Å². The number of thiocarbonyl (C=S) groups is 1. The second-order valence-corrected chi connectivity index (χ2v) is 9.33. The summed E-state index contributed by atoms with van der Waals surface area (Å²) in [6, 6.07) is 8.11. The summed E-state index contributed by atoms with van der Waals surface area (Å²) < 4.78 is 2.37. The SMILES string of the molecule is CCN1C(=O)C(=Cc2c(N3CCCCCC3)c3ccccc3n(CC)c2=O)SC1=S. The number of carbonyl (C=O) groups is 1. The molecule has 0 saturated carbocycles. The minimum atomic E-state index is -0.107. The molecule has 0 unspecified atom stereocenters. The molecule has 0 atom stereocenters. The van der Waals surface area contributed by atoms with E-state index in [4.69, 9.17) is 12.2 Å². The van der Waals surface area contributed by atoms with E-state index < -0.39 is 0 Å². The van der Waals surface area contributed by atoms with Crippen LogP contribution in [0.4, 0.5) is 5.69 Å². The molecule has 2 aliphatic rings. The molecule has 1 aromatic carbocycles. The van der Waals surface area contributed by atoms with Crippen molar-refractivity contribution >= 4 is 56.9 Å². The number of aryl methyl sites for hydroxylation is 1. The van der Waals surface area contributed by atoms with E-state index in [0.29, 0.717) is 27.9 Å². The Bertz CT molecular complexity index is 1080. The average molecular weight is 442 g/mol. The highest BCUT2D eigenvalue weighted by atomic mass is 32.2. The van der Waals surface area contributed by atoms with E-state index in [-0.39, 0.29) is 11.5 Å². The number of thioether (sulfide) groups is 1. The van der Waals surface area contributed by atoms with Crippen LogP contribution >= 0.6 is 24.0 Å². The number of hydrogen-bond donors (Lipinski definition) is 0. The fraction of sp³-hybridized carbons (Fsp3) is 0.435. The van der Waals surface area contributed by atoms with Crippen molar-refractivity contribution in [3.05, 3.63) is 45.1 Å². The van der Waals surface area contributed by atoms with Crippen LogP contribution in [0, 0.1) is 0 Å². The Kier molecular flexibility index (Phi) is 6.29. The highest BCUT2D eigenvalue weighted by Gasteiger charge is 2.32. The standard InChI is InChI=1S/C23H27N3O2S2/c1-3-25-18-12-8-7-11-16(18)20(24-13-9-5-6-10-14-24)17(21(25)27)15-19-22(28)26(4-2)23(29)30-19/h7-8,11-12,15H,3-6,9-10,13-14H2,1-2H3. The van der Waals surface area contributed by atoms with Gasteiger partial charge in [-0.1, -0.05) is 55.0 Å². The van der Waals surface area contributed by atoms with Gasteiger partial charge in [-0.2, -0.15) is 0 Å². The Labute approximate surface area is 186 Å². The summed E-state index contributed by atoms with van der Waals surface area (Å²) >= 11 is 6.67.